The summed E-state index contributed by atoms with van der Waals surface area (Å²) >= 11 is 0. The first-order valence-electron chi connectivity index (χ1n) is 8.89. The van der Waals surface area contributed by atoms with Crippen LogP contribution in [0.4, 0.5) is 0 Å². The first kappa shape index (κ1) is 20.6. The zero-order chi connectivity index (χ0) is 18.1. The van der Waals surface area contributed by atoms with Gasteiger partial charge in [-0.05, 0) is 6.92 Å². The van der Waals surface area contributed by atoms with Crippen LogP contribution < -0.4 is 0 Å². The molecule has 134 valence electrons. The monoisotopic (exact) mass is 340 g/mol. The van der Waals surface area contributed by atoms with Gasteiger partial charge in [0.1, 0.15) is 5.78 Å². The highest BCUT2D eigenvalue weighted by atomic mass is 28.4. The van der Waals surface area contributed by atoms with Crippen LogP contribution in [0.25, 0.3) is 0 Å². The van der Waals surface area contributed by atoms with E-state index >= 15 is 0 Å². The van der Waals surface area contributed by atoms with Crippen LogP contribution in [0.5, 0.6) is 0 Å². The first-order chi connectivity index (χ1) is 10.4. The van der Waals surface area contributed by atoms with Crippen molar-refractivity contribution >= 4 is 14.3 Å². The zero-order valence-corrected chi connectivity index (χ0v) is 17.5. The Morgan fingerprint density at radius 3 is 2.00 bits per heavy atom. The molecule has 0 unspecified atom stereocenters. The van der Waals surface area contributed by atoms with Gasteiger partial charge < -0.3 is 8.85 Å². The van der Waals surface area contributed by atoms with Gasteiger partial charge in [0.05, 0.1) is 12.2 Å². The Balaban J connectivity index is 3.33. The van der Waals surface area contributed by atoms with Gasteiger partial charge in [-0.1, -0.05) is 67.5 Å². The molecule has 0 amide bonds. The third-order valence-corrected chi connectivity index (χ3v) is 10.1. The standard InChI is InChI=1S/C19H36O3Si/c1-10-12-16-14(3)17(13-15(20)11-2)22-23(21-16,18(4,5)6)19(7,8)9/h10,12,14,16-17H,11,13H2,1-9H3/b12-10-/t14-,16-,17-/m1/s1. The van der Waals surface area contributed by atoms with Crippen LogP contribution in [-0.4, -0.2) is 26.6 Å². The highest BCUT2D eigenvalue weighted by Gasteiger charge is 2.63. The van der Waals surface area contributed by atoms with Gasteiger partial charge in [0.2, 0.25) is 0 Å². The van der Waals surface area contributed by atoms with E-state index in [0.717, 1.165) is 0 Å². The molecule has 0 aliphatic carbocycles. The minimum Gasteiger partial charge on any atom is -0.390 e. The highest BCUT2D eigenvalue weighted by molar-refractivity contribution is 6.73. The number of Topliss-reactive ketones (excluding diaryl/α,β-unsaturated/α-hetero) is 1. The molecule has 1 aliphatic rings. The summed E-state index contributed by atoms with van der Waals surface area (Å²) in [5, 5.41) is -0.141. The van der Waals surface area contributed by atoms with Crippen LogP contribution in [0, 0.1) is 5.92 Å². The lowest BCUT2D eigenvalue weighted by molar-refractivity contribution is -0.124. The summed E-state index contributed by atoms with van der Waals surface area (Å²) in [7, 11) is -2.57. The number of carbonyl (C=O) groups excluding carboxylic acids is 1. The molecule has 0 aromatic carbocycles. The van der Waals surface area contributed by atoms with E-state index in [9.17, 15) is 4.79 Å². The Kier molecular flexibility index (Phi) is 6.45. The summed E-state index contributed by atoms with van der Waals surface area (Å²) in [6, 6.07) is 0. The van der Waals surface area contributed by atoms with Crippen molar-refractivity contribution in [1.29, 1.82) is 0 Å². The van der Waals surface area contributed by atoms with Crippen LogP contribution in [0.1, 0.15) is 75.2 Å². The molecule has 0 aromatic heterocycles. The van der Waals surface area contributed by atoms with E-state index in [1.807, 2.05) is 13.8 Å². The van der Waals surface area contributed by atoms with E-state index in [4.69, 9.17) is 8.85 Å². The van der Waals surface area contributed by atoms with Crippen LogP contribution in [-0.2, 0) is 13.6 Å². The Bertz CT molecular complexity index is 429. The molecule has 0 saturated carbocycles. The second-order valence-corrected chi connectivity index (χ2v) is 13.5. The van der Waals surface area contributed by atoms with E-state index in [1.54, 1.807) is 0 Å². The van der Waals surface area contributed by atoms with E-state index in [2.05, 4.69) is 60.6 Å². The molecule has 1 aliphatic heterocycles. The Labute approximate surface area is 144 Å². The van der Waals surface area contributed by atoms with Crippen molar-refractivity contribution < 1.29 is 13.6 Å². The lowest BCUT2D eigenvalue weighted by Crippen LogP contribution is -2.65. The average Bonchev–Trinajstić information content (AvgIpc) is 2.40. The fourth-order valence-corrected chi connectivity index (χ4v) is 8.81. The average molecular weight is 341 g/mol. The predicted molar refractivity (Wildman–Crippen MR) is 98.8 cm³/mol. The van der Waals surface area contributed by atoms with Crippen molar-refractivity contribution in [3.05, 3.63) is 12.2 Å². The van der Waals surface area contributed by atoms with Crippen molar-refractivity contribution in [3.63, 3.8) is 0 Å². The van der Waals surface area contributed by atoms with Crippen LogP contribution in [0.15, 0.2) is 12.2 Å². The number of hydrogen-bond acceptors (Lipinski definition) is 3. The first-order valence-corrected chi connectivity index (χ1v) is 10.7. The second-order valence-electron chi connectivity index (χ2n) is 8.84. The molecule has 4 heteroatoms. The number of ketones is 1. The minimum atomic E-state index is -2.57. The van der Waals surface area contributed by atoms with Crippen molar-refractivity contribution in [3.8, 4) is 0 Å². The highest BCUT2D eigenvalue weighted by Crippen LogP contribution is 2.56. The van der Waals surface area contributed by atoms with Gasteiger partial charge in [-0.15, -0.1) is 0 Å². The number of carbonyl (C=O) groups is 1. The fraction of sp³-hybridized carbons (Fsp3) is 0.842. The molecule has 1 fully saturated rings. The van der Waals surface area contributed by atoms with E-state index < -0.39 is 8.56 Å². The smallest absolute Gasteiger partial charge is 0.350 e. The predicted octanol–water partition coefficient (Wildman–Crippen LogP) is 5.39. The maximum Gasteiger partial charge on any atom is 0.350 e. The van der Waals surface area contributed by atoms with Gasteiger partial charge in [0, 0.05) is 28.8 Å². The molecule has 0 N–H and O–H groups in total. The summed E-state index contributed by atoms with van der Waals surface area (Å²) in [5.41, 5.74) is 0. The summed E-state index contributed by atoms with van der Waals surface area (Å²) < 4.78 is 13.4. The maximum absolute atomic E-state index is 12.1. The molecule has 0 bridgehead atoms. The lowest BCUT2D eigenvalue weighted by atomic mass is 9.93. The molecule has 1 saturated heterocycles. The van der Waals surface area contributed by atoms with Crippen LogP contribution >= 0.6 is 0 Å². The molecule has 23 heavy (non-hydrogen) atoms. The SMILES string of the molecule is C/C=C\[C@H]1O[Si](C(C)(C)C)(C(C)(C)C)O[C@H](CC(=O)CC)[C@@H]1C. The summed E-state index contributed by atoms with van der Waals surface area (Å²) in [5.74, 6) is 0.459. The number of rotatable bonds is 4. The third-order valence-electron chi connectivity index (χ3n) is 4.90. The minimum absolute atomic E-state index is 0.0218. The molecule has 0 radical (unpaired) electrons. The molecule has 3 atom stereocenters. The van der Waals surface area contributed by atoms with Crippen LogP contribution in [0.2, 0.25) is 10.1 Å². The van der Waals surface area contributed by atoms with Crippen molar-refractivity contribution in [1.82, 2.24) is 0 Å². The van der Waals surface area contributed by atoms with Crippen molar-refractivity contribution in [2.24, 2.45) is 5.92 Å². The second kappa shape index (κ2) is 7.20. The quantitative estimate of drug-likeness (QED) is 0.508. The fourth-order valence-electron chi connectivity index (χ4n) is 3.69. The van der Waals surface area contributed by atoms with Gasteiger partial charge in [-0.25, -0.2) is 0 Å². The van der Waals surface area contributed by atoms with E-state index in [1.165, 1.54) is 0 Å². The largest absolute Gasteiger partial charge is 0.390 e. The van der Waals surface area contributed by atoms with Crippen molar-refractivity contribution in [2.45, 2.75) is 97.4 Å². The van der Waals surface area contributed by atoms with Gasteiger partial charge >= 0.3 is 8.56 Å². The Morgan fingerprint density at radius 1 is 1.09 bits per heavy atom. The van der Waals surface area contributed by atoms with E-state index in [0.29, 0.717) is 12.8 Å². The summed E-state index contributed by atoms with van der Waals surface area (Å²) in [6.07, 6.45) is 5.22. The third kappa shape index (κ3) is 4.15. The number of allylic oxidation sites excluding steroid dienone is 1. The molecule has 1 rings (SSSR count). The normalized spacial score (nSPS) is 29.0. The van der Waals surface area contributed by atoms with Gasteiger partial charge in [-0.2, -0.15) is 0 Å². The molecule has 0 aromatic rings. The Hall–Kier alpha value is -0.453. The van der Waals surface area contributed by atoms with Crippen molar-refractivity contribution in [2.75, 3.05) is 0 Å². The van der Waals surface area contributed by atoms with Gasteiger partial charge in [0.15, 0.2) is 0 Å². The topological polar surface area (TPSA) is 35.5 Å². The van der Waals surface area contributed by atoms with Gasteiger partial charge in [0.25, 0.3) is 0 Å². The maximum atomic E-state index is 12.1. The lowest BCUT2D eigenvalue weighted by Gasteiger charge is -2.56. The molecular weight excluding hydrogens is 304 g/mol. The molecular formula is C19H36O3Si. The molecule has 0 spiro atoms. The van der Waals surface area contributed by atoms with Crippen LogP contribution in [0.3, 0.4) is 0 Å². The summed E-state index contributed by atoms with van der Waals surface area (Å²) in [4.78, 5) is 12.1. The number of hydrogen-bond donors (Lipinski definition) is 0. The molecule has 3 nitrogen and oxygen atoms in total. The zero-order valence-electron chi connectivity index (χ0n) is 16.5. The Morgan fingerprint density at radius 2 is 1.61 bits per heavy atom. The van der Waals surface area contributed by atoms with E-state index in [-0.39, 0.29) is 34.0 Å². The van der Waals surface area contributed by atoms with Gasteiger partial charge in [-0.3, -0.25) is 4.79 Å². The molecule has 1 heterocycles. The summed E-state index contributed by atoms with van der Waals surface area (Å²) in [6.45, 7) is 19.4.